The Morgan fingerprint density at radius 3 is 2.92 bits per heavy atom. The first kappa shape index (κ1) is 15.9. The molecule has 0 aliphatic rings. The van der Waals surface area contributed by atoms with Crippen molar-refractivity contribution >= 4 is 44.9 Å². The zero-order valence-corrected chi connectivity index (χ0v) is 14.0. The number of amides is 1. The Balaban J connectivity index is 1.55. The molecule has 0 fully saturated rings. The third-order valence-corrected chi connectivity index (χ3v) is 4.70. The lowest BCUT2D eigenvalue weighted by atomic mass is 10.2. The topological polar surface area (TPSA) is 102 Å². The number of hydrogen-bond donors (Lipinski definition) is 1. The number of nitro groups is 1. The molecule has 0 saturated carbocycles. The SMILES string of the molecule is O=C(NN=Cc1ccc([N+](=O)[O-])s1)c1cn2ccc3ccccc3c2n1. The minimum absolute atomic E-state index is 0.0185. The van der Waals surface area contributed by atoms with Gasteiger partial charge in [0, 0.05) is 23.8 Å². The van der Waals surface area contributed by atoms with Gasteiger partial charge in [0.15, 0.2) is 0 Å². The standard InChI is InChI=1S/C17H11N5O3S/c23-17(20-18-9-12-5-6-15(26-12)22(24)25)14-10-21-8-7-11-3-1-2-4-13(11)16(21)19-14/h1-10H,(H,20,23). The molecule has 0 radical (unpaired) electrons. The fraction of sp³-hybridized carbons (Fsp3) is 0. The van der Waals surface area contributed by atoms with Crippen LogP contribution in [-0.2, 0) is 0 Å². The van der Waals surface area contributed by atoms with E-state index in [-0.39, 0.29) is 10.7 Å². The van der Waals surface area contributed by atoms with E-state index < -0.39 is 10.8 Å². The number of carbonyl (C=O) groups excluding carboxylic acids is 1. The molecular formula is C17H11N5O3S. The average molecular weight is 365 g/mol. The Morgan fingerprint density at radius 1 is 1.27 bits per heavy atom. The fourth-order valence-electron chi connectivity index (χ4n) is 2.54. The summed E-state index contributed by atoms with van der Waals surface area (Å²) in [5.41, 5.74) is 3.30. The number of carbonyl (C=O) groups is 1. The van der Waals surface area contributed by atoms with E-state index in [9.17, 15) is 14.9 Å². The van der Waals surface area contributed by atoms with Crippen molar-refractivity contribution < 1.29 is 9.72 Å². The Labute approximate surface area is 150 Å². The summed E-state index contributed by atoms with van der Waals surface area (Å²) in [5.74, 6) is -0.458. The summed E-state index contributed by atoms with van der Waals surface area (Å²) in [6.07, 6.45) is 4.83. The second-order valence-corrected chi connectivity index (χ2v) is 6.49. The number of nitrogens with zero attached hydrogens (tertiary/aromatic N) is 4. The van der Waals surface area contributed by atoms with Crippen LogP contribution in [0.3, 0.4) is 0 Å². The molecule has 1 aromatic carbocycles. The quantitative estimate of drug-likeness (QED) is 0.341. The third-order valence-electron chi connectivity index (χ3n) is 3.73. The van der Waals surface area contributed by atoms with Gasteiger partial charge >= 0.3 is 5.00 Å². The Morgan fingerprint density at radius 2 is 2.12 bits per heavy atom. The average Bonchev–Trinajstić information content (AvgIpc) is 3.28. The van der Waals surface area contributed by atoms with Gasteiger partial charge in [-0.25, -0.2) is 10.4 Å². The Kier molecular flexibility index (Phi) is 3.90. The lowest BCUT2D eigenvalue weighted by Crippen LogP contribution is -2.17. The van der Waals surface area contributed by atoms with E-state index in [0.717, 1.165) is 22.1 Å². The number of thiophene rings is 1. The first-order valence-electron chi connectivity index (χ1n) is 7.56. The molecule has 1 N–H and O–H groups in total. The van der Waals surface area contributed by atoms with Gasteiger partial charge in [-0.2, -0.15) is 5.10 Å². The normalized spacial score (nSPS) is 11.4. The molecular weight excluding hydrogens is 354 g/mol. The van der Waals surface area contributed by atoms with Crippen LogP contribution in [-0.4, -0.2) is 26.4 Å². The predicted molar refractivity (Wildman–Crippen MR) is 98.7 cm³/mol. The monoisotopic (exact) mass is 365 g/mol. The highest BCUT2D eigenvalue weighted by atomic mass is 32.1. The largest absolute Gasteiger partial charge is 0.324 e. The summed E-state index contributed by atoms with van der Waals surface area (Å²) < 4.78 is 1.78. The van der Waals surface area contributed by atoms with Crippen LogP contribution >= 0.6 is 11.3 Å². The van der Waals surface area contributed by atoms with Crippen molar-refractivity contribution in [1.82, 2.24) is 14.8 Å². The minimum atomic E-state index is -0.471. The number of imidazole rings is 1. The van der Waals surface area contributed by atoms with Crippen molar-refractivity contribution in [1.29, 1.82) is 0 Å². The molecule has 0 spiro atoms. The molecule has 1 amide bonds. The zero-order chi connectivity index (χ0) is 18.1. The molecule has 9 heteroatoms. The van der Waals surface area contributed by atoms with Gasteiger partial charge in [0.25, 0.3) is 5.91 Å². The number of benzene rings is 1. The summed E-state index contributed by atoms with van der Waals surface area (Å²) in [4.78, 5) is 27.4. The van der Waals surface area contributed by atoms with Crippen LogP contribution in [0.5, 0.6) is 0 Å². The molecule has 26 heavy (non-hydrogen) atoms. The van der Waals surface area contributed by atoms with Crippen molar-refractivity contribution in [2.75, 3.05) is 0 Å². The molecule has 0 bridgehead atoms. The zero-order valence-electron chi connectivity index (χ0n) is 13.2. The molecule has 0 aliphatic carbocycles. The summed E-state index contributed by atoms with van der Waals surface area (Å²) in [7, 11) is 0. The highest BCUT2D eigenvalue weighted by molar-refractivity contribution is 7.16. The van der Waals surface area contributed by atoms with Crippen LogP contribution in [0.25, 0.3) is 16.4 Å². The van der Waals surface area contributed by atoms with Crippen molar-refractivity contribution in [3.05, 3.63) is 75.5 Å². The highest BCUT2D eigenvalue weighted by Gasteiger charge is 2.12. The number of rotatable bonds is 4. The van der Waals surface area contributed by atoms with Crippen LogP contribution in [0, 0.1) is 10.1 Å². The molecule has 0 atom stereocenters. The van der Waals surface area contributed by atoms with Gasteiger partial charge < -0.3 is 4.40 Å². The minimum Gasteiger partial charge on any atom is -0.306 e. The number of aromatic nitrogens is 2. The van der Waals surface area contributed by atoms with E-state index in [0.29, 0.717) is 10.5 Å². The van der Waals surface area contributed by atoms with Crippen LogP contribution in [0.15, 0.2) is 60.0 Å². The van der Waals surface area contributed by atoms with Crippen LogP contribution in [0.1, 0.15) is 15.4 Å². The lowest BCUT2D eigenvalue weighted by Gasteiger charge is -1.98. The van der Waals surface area contributed by atoms with Gasteiger partial charge in [0.2, 0.25) is 0 Å². The van der Waals surface area contributed by atoms with E-state index in [4.69, 9.17) is 0 Å². The van der Waals surface area contributed by atoms with Crippen molar-refractivity contribution in [3.8, 4) is 0 Å². The van der Waals surface area contributed by atoms with Crippen LogP contribution < -0.4 is 5.43 Å². The van der Waals surface area contributed by atoms with Gasteiger partial charge in [0.05, 0.1) is 16.0 Å². The maximum absolute atomic E-state index is 12.2. The smallest absolute Gasteiger partial charge is 0.306 e. The fourth-order valence-corrected chi connectivity index (χ4v) is 3.24. The summed E-state index contributed by atoms with van der Waals surface area (Å²) in [5, 5.41) is 16.5. The lowest BCUT2D eigenvalue weighted by molar-refractivity contribution is -0.380. The number of fused-ring (bicyclic) bond motifs is 3. The van der Waals surface area contributed by atoms with E-state index in [2.05, 4.69) is 15.5 Å². The van der Waals surface area contributed by atoms with Gasteiger partial charge in [-0.05, 0) is 17.5 Å². The molecule has 3 aromatic heterocycles. The number of hydrazone groups is 1. The summed E-state index contributed by atoms with van der Waals surface area (Å²) in [6.45, 7) is 0. The van der Waals surface area contributed by atoms with Gasteiger partial charge in [-0.15, -0.1) is 0 Å². The van der Waals surface area contributed by atoms with Gasteiger partial charge in [0.1, 0.15) is 11.3 Å². The molecule has 4 rings (SSSR count). The second-order valence-electron chi connectivity index (χ2n) is 5.39. The van der Waals surface area contributed by atoms with E-state index in [1.165, 1.54) is 12.3 Å². The molecule has 8 nitrogen and oxygen atoms in total. The summed E-state index contributed by atoms with van der Waals surface area (Å²) >= 11 is 0.974. The number of nitrogens with one attached hydrogen (secondary N) is 1. The second kappa shape index (κ2) is 6.37. The van der Waals surface area contributed by atoms with Crippen LogP contribution in [0.2, 0.25) is 0 Å². The molecule has 128 valence electrons. The number of hydrogen-bond acceptors (Lipinski definition) is 6. The van der Waals surface area contributed by atoms with Crippen molar-refractivity contribution in [2.24, 2.45) is 5.10 Å². The van der Waals surface area contributed by atoms with Crippen LogP contribution in [0.4, 0.5) is 5.00 Å². The van der Waals surface area contributed by atoms with Crippen molar-refractivity contribution in [2.45, 2.75) is 0 Å². The van der Waals surface area contributed by atoms with Crippen molar-refractivity contribution in [3.63, 3.8) is 0 Å². The molecule has 0 unspecified atom stereocenters. The molecule has 3 heterocycles. The third kappa shape index (κ3) is 2.91. The van der Waals surface area contributed by atoms with E-state index in [1.54, 1.807) is 16.7 Å². The molecule has 0 saturated heterocycles. The van der Waals surface area contributed by atoms with E-state index in [1.807, 2.05) is 36.5 Å². The number of pyridine rings is 1. The molecule has 4 aromatic rings. The van der Waals surface area contributed by atoms with Gasteiger partial charge in [-0.1, -0.05) is 35.6 Å². The Bertz CT molecular complexity index is 1180. The Hall–Kier alpha value is -3.59. The maximum atomic E-state index is 12.2. The van der Waals surface area contributed by atoms with Gasteiger partial charge in [-0.3, -0.25) is 14.9 Å². The highest BCUT2D eigenvalue weighted by Crippen LogP contribution is 2.22. The maximum Gasteiger partial charge on any atom is 0.324 e. The first-order valence-corrected chi connectivity index (χ1v) is 8.37. The summed E-state index contributed by atoms with van der Waals surface area (Å²) in [6, 6.07) is 12.7. The molecule has 0 aliphatic heterocycles. The van der Waals surface area contributed by atoms with E-state index >= 15 is 0 Å². The first-order chi connectivity index (χ1) is 12.6. The predicted octanol–water partition coefficient (Wildman–Crippen LogP) is 3.22.